The summed E-state index contributed by atoms with van der Waals surface area (Å²) in [4.78, 5) is 17.8. The van der Waals surface area contributed by atoms with E-state index in [4.69, 9.17) is 27.6 Å². The largest absolute Gasteiger partial charge is 0.436 e. The number of aromatic nitrogens is 1. The van der Waals surface area contributed by atoms with Gasteiger partial charge in [0, 0.05) is 26.4 Å². The molecule has 0 saturated heterocycles. The highest BCUT2D eigenvalue weighted by Gasteiger charge is 2.17. The summed E-state index contributed by atoms with van der Waals surface area (Å²) in [5.74, 6) is 0.215. The number of carbonyl (C=O) groups excluding carboxylic acids is 1. The fourth-order valence-electron chi connectivity index (χ4n) is 3.10. The van der Waals surface area contributed by atoms with Crippen molar-refractivity contribution >= 4 is 67.3 Å². The molecule has 7 heteroatoms. The number of carbonyl (C=O) groups is 1. The Hall–Kier alpha value is -2.86. The van der Waals surface area contributed by atoms with E-state index in [1.807, 2.05) is 36.4 Å². The Morgan fingerprint density at radius 3 is 2.69 bits per heavy atom. The summed E-state index contributed by atoms with van der Waals surface area (Å²) in [5, 5.41) is 4.85. The van der Waals surface area contributed by atoms with Crippen molar-refractivity contribution in [2.45, 2.75) is 0 Å². The number of halogens is 2. The third-order valence-electron chi connectivity index (χ3n) is 4.46. The molecule has 2 aromatic heterocycles. The first-order valence-corrected chi connectivity index (χ1v) is 10.3. The van der Waals surface area contributed by atoms with Gasteiger partial charge in [0.05, 0.1) is 5.02 Å². The molecule has 1 N–H and O–H groups in total. The van der Waals surface area contributed by atoms with Gasteiger partial charge >= 0.3 is 0 Å². The van der Waals surface area contributed by atoms with Crippen LogP contribution in [0.4, 0.5) is 5.69 Å². The molecule has 4 nitrogen and oxygen atoms in total. The first-order valence-electron chi connectivity index (χ1n) is 8.73. The van der Waals surface area contributed by atoms with E-state index in [1.54, 1.807) is 30.3 Å². The first kappa shape index (κ1) is 18.2. The molecule has 0 fully saturated rings. The lowest BCUT2D eigenvalue weighted by molar-refractivity contribution is 0.103. The normalized spacial score (nSPS) is 11.2. The van der Waals surface area contributed by atoms with Gasteiger partial charge in [0.15, 0.2) is 5.58 Å². The molecule has 1 amide bonds. The van der Waals surface area contributed by atoms with Gasteiger partial charge in [-0.25, -0.2) is 4.98 Å². The van der Waals surface area contributed by atoms with E-state index in [-0.39, 0.29) is 5.91 Å². The number of benzene rings is 3. The maximum atomic E-state index is 12.8. The monoisotopic (exact) mass is 438 g/mol. The lowest BCUT2D eigenvalue weighted by atomic mass is 10.2. The molecule has 0 aliphatic carbocycles. The van der Waals surface area contributed by atoms with Crippen molar-refractivity contribution < 1.29 is 9.21 Å². The second-order valence-electron chi connectivity index (χ2n) is 6.41. The smallest absolute Gasteiger partial charge is 0.267 e. The molecule has 0 spiro atoms. The minimum atomic E-state index is -0.255. The number of nitrogens with one attached hydrogen (secondary N) is 1. The van der Waals surface area contributed by atoms with E-state index in [0.29, 0.717) is 37.6 Å². The van der Waals surface area contributed by atoms with Gasteiger partial charge in [-0.15, -0.1) is 11.3 Å². The zero-order valence-electron chi connectivity index (χ0n) is 14.8. The maximum Gasteiger partial charge on any atom is 0.267 e. The number of nitrogens with zero attached hydrogens (tertiary/aromatic N) is 1. The number of hydrogen-bond acceptors (Lipinski definition) is 4. The van der Waals surface area contributed by atoms with E-state index in [0.717, 1.165) is 15.6 Å². The van der Waals surface area contributed by atoms with Crippen LogP contribution < -0.4 is 5.32 Å². The molecule has 0 saturated carbocycles. The molecular weight excluding hydrogens is 427 g/mol. The number of anilines is 1. The Balaban J connectivity index is 1.45. The highest BCUT2D eigenvalue weighted by molar-refractivity contribution is 7.21. The summed E-state index contributed by atoms with van der Waals surface area (Å²) in [6.45, 7) is 0. The van der Waals surface area contributed by atoms with Crippen LogP contribution in [-0.2, 0) is 0 Å². The molecule has 5 aromatic rings. The lowest BCUT2D eigenvalue weighted by Crippen LogP contribution is -2.10. The Labute approximate surface area is 179 Å². The highest BCUT2D eigenvalue weighted by atomic mass is 35.5. The van der Waals surface area contributed by atoms with Crippen LogP contribution in [-0.4, -0.2) is 10.9 Å². The van der Waals surface area contributed by atoms with Crippen LogP contribution in [0.1, 0.15) is 9.67 Å². The molecule has 0 aliphatic rings. The minimum Gasteiger partial charge on any atom is -0.436 e. The van der Waals surface area contributed by atoms with E-state index in [9.17, 15) is 4.79 Å². The number of rotatable bonds is 3. The Bertz CT molecular complexity index is 1390. The highest BCUT2D eigenvalue weighted by Crippen LogP contribution is 2.36. The van der Waals surface area contributed by atoms with Crippen molar-refractivity contribution in [1.82, 2.24) is 4.98 Å². The fraction of sp³-hybridized carbons (Fsp3) is 0. The summed E-state index contributed by atoms with van der Waals surface area (Å²) >= 11 is 13.8. The summed E-state index contributed by atoms with van der Waals surface area (Å²) in [6.07, 6.45) is 0. The molecule has 0 aliphatic heterocycles. The van der Waals surface area contributed by atoms with Crippen LogP contribution in [0.25, 0.3) is 32.6 Å². The van der Waals surface area contributed by atoms with Crippen molar-refractivity contribution in [2.75, 3.05) is 5.32 Å². The minimum absolute atomic E-state index is 0.255. The Kier molecular flexibility index (Phi) is 4.51. The fourth-order valence-corrected chi connectivity index (χ4v) is 4.70. The number of fused-ring (bicyclic) bond motifs is 2. The molecule has 0 radical (unpaired) electrons. The standard InChI is InChI=1S/C22H12Cl2N2O2S/c23-13-5-3-4-12(10-13)22-26-16-11-14(8-9-17(16)28-22)25-21(27)20-19(24)15-6-1-2-7-18(15)29-20/h1-11H,(H,25,27). The number of amides is 1. The van der Waals surface area contributed by atoms with Gasteiger partial charge in [0.1, 0.15) is 10.4 Å². The van der Waals surface area contributed by atoms with Crippen molar-refractivity contribution in [3.05, 3.63) is 81.7 Å². The molecular formula is C22H12Cl2N2O2S. The maximum absolute atomic E-state index is 12.8. The van der Waals surface area contributed by atoms with Crippen LogP contribution in [0.15, 0.2) is 71.1 Å². The summed E-state index contributed by atoms with van der Waals surface area (Å²) in [6, 6.07) is 20.3. The van der Waals surface area contributed by atoms with Crippen LogP contribution in [0.3, 0.4) is 0 Å². The van der Waals surface area contributed by atoms with Crippen LogP contribution in [0, 0.1) is 0 Å². The van der Waals surface area contributed by atoms with Crippen molar-refractivity contribution in [3.63, 3.8) is 0 Å². The SMILES string of the molecule is O=C(Nc1ccc2oc(-c3cccc(Cl)c3)nc2c1)c1sc2ccccc2c1Cl. The number of thiophene rings is 1. The molecule has 29 heavy (non-hydrogen) atoms. The third kappa shape index (κ3) is 3.38. The lowest BCUT2D eigenvalue weighted by Gasteiger charge is -2.03. The predicted molar refractivity (Wildman–Crippen MR) is 119 cm³/mol. The second-order valence-corrected chi connectivity index (χ2v) is 8.27. The van der Waals surface area contributed by atoms with Gasteiger partial charge in [-0.2, -0.15) is 0 Å². The second kappa shape index (κ2) is 7.19. The zero-order valence-corrected chi connectivity index (χ0v) is 17.1. The van der Waals surface area contributed by atoms with Crippen molar-refractivity contribution in [3.8, 4) is 11.5 Å². The average Bonchev–Trinajstić information content (AvgIpc) is 3.29. The molecule has 3 aromatic carbocycles. The first-order chi connectivity index (χ1) is 14.1. The van der Waals surface area contributed by atoms with E-state index in [2.05, 4.69) is 10.3 Å². The molecule has 0 unspecified atom stereocenters. The molecule has 0 atom stereocenters. The van der Waals surface area contributed by atoms with E-state index < -0.39 is 0 Å². The van der Waals surface area contributed by atoms with Gasteiger partial charge in [0.25, 0.3) is 5.91 Å². The quantitative estimate of drug-likeness (QED) is 0.322. The van der Waals surface area contributed by atoms with Crippen molar-refractivity contribution in [2.24, 2.45) is 0 Å². The van der Waals surface area contributed by atoms with Gasteiger partial charge in [-0.3, -0.25) is 4.79 Å². The summed E-state index contributed by atoms with van der Waals surface area (Å²) in [5.41, 5.74) is 2.66. The Morgan fingerprint density at radius 1 is 1.00 bits per heavy atom. The third-order valence-corrected chi connectivity index (χ3v) is 6.37. The average molecular weight is 439 g/mol. The van der Waals surface area contributed by atoms with E-state index >= 15 is 0 Å². The molecule has 0 bridgehead atoms. The topological polar surface area (TPSA) is 55.1 Å². The van der Waals surface area contributed by atoms with Crippen LogP contribution in [0.2, 0.25) is 10.0 Å². The van der Waals surface area contributed by atoms with E-state index in [1.165, 1.54) is 11.3 Å². The molecule has 2 heterocycles. The van der Waals surface area contributed by atoms with Gasteiger partial charge in [-0.1, -0.05) is 47.5 Å². The number of oxazole rings is 1. The molecule has 142 valence electrons. The predicted octanol–water partition coefficient (Wildman–Crippen LogP) is 7.27. The van der Waals surface area contributed by atoms with Gasteiger partial charge in [0.2, 0.25) is 5.89 Å². The Morgan fingerprint density at radius 2 is 1.86 bits per heavy atom. The number of hydrogen-bond donors (Lipinski definition) is 1. The van der Waals surface area contributed by atoms with Gasteiger partial charge in [-0.05, 0) is 42.5 Å². The summed E-state index contributed by atoms with van der Waals surface area (Å²) in [7, 11) is 0. The van der Waals surface area contributed by atoms with Crippen LogP contribution >= 0.6 is 34.5 Å². The molecule has 5 rings (SSSR count). The van der Waals surface area contributed by atoms with Crippen molar-refractivity contribution in [1.29, 1.82) is 0 Å². The van der Waals surface area contributed by atoms with Crippen LogP contribution in [0.5, 0.6) is 0 Å². The zero-order chi connectivity index (χ0) is 20.0. The van der Waals surface area contributed by atoms with Gasteiger partial charge < -0.3 is 9.73 Å². The summed E-state index contributed by atoms with van der Waals surface area (Å²) < 4.78 is 6.78.